The predicted octanol–water partition coefficient (Wildman–Crippen LogP) is 3.14. The van der Waals surface area contributed by atoms with Crippen LogP contribution in [0.25, 0.3) is 0 Å². The normalized spacial score (nSPS) is 22.7. The molecular weight excluding hydrogens is 256 g/mol. The van der Waals surface area contributed by atoms with E-state index in [1.807, 2.05) is 0 Å². The summed E-state index contributed by atoms with van der Waals surface area (Å²) in [4.78, 5) is 2.78. The molecule has 2 aliphatic carbocycles. The fourth-order valence-corrected chi connectivity index (χ4v) is 4.14. The first-order valence-corrected chi connectivity index (χ1v) is 8.94. The second-order valence-electron chi connectivity index (χ2n) is 7.31. The lowest BCUT2D eigenvalue weighted by molar-refractivity contribution is 0.190. The summed E-state index contributed by atoms with van der Waals surface area (Å²) in [5, 5.41) is 3.49. The minimum absolute atomic E-state index is 0.883. The van der Waals surface area contributed by atoms with Gasteiger partial charge in [0, 0.05) is 19.1 Å². The van der Waals surface area contributed by atoms with Crippen molar-refractivity contribution in [3.63, 3.8) is 0 Å². The number of hydrogen-bond donors (Lipinski definition) is 1. The lowest BCUT2D eigenvalue weighted by atomic mass is 9.97. The smallest absolute Gasteiger partial charge is 0.0236 e. The number of nitrogens with one attached hydrogen (secondary N) is 1. The van der Waals surface area contributed by atoms with E-state index in [1.165, 1.54) is 71.1 Å². The van der Waals surface area contributed by atoms with Crippen LogP contribution >= 0.6 is 0 Å². The van der Waals surface area contributed by atoms with E-state index < -0.39 is 0 Å². The van der Waals surface area contributed by atoms with Crippen molar-refractivity contribution in [3.8, 4) is 0 Å². The van der Waals surface area contributed by atoms with Gasteiger partial charge in [-0.1, -0.05) is 18.2 Å². The van der Waals surface area contributed by atoms with Crippen molar-refractivity contribution < 1.29 is 0 Å². The minimum atomic E-state index is 0.883. The second-order valence-corrected chi connectivity index (χ2v) is 7.31. The van der Waals surface area contributed by atoms with Crippen molar-refractivity contribution in [1.82, 2.24) is 10.2 Å². The number of hydrogen-bond acceptors (Lipinski definition) is 2. The van der Waals surface area contributed by atoms with Gasteiger partial charge in [-0.2, -0.15) is 0 Å². The number of rotatable bonds is 5. The van der Waals surface area contributed by atoms with Crippen molar-refractivity contribution in [2.45, 2.75) is 57.5 Å². The van der Waals surface area contributed by atoms with Crippen molar-refractivity contribution in [1.29, 1.82) is 0 Å². The third-order valence-corrected chi connectivity index (χ3v) is 5.56. The molecule has 1 aromatic rings. The van der Waals surface area contributed by atoms with Crippen LogP contribution in [0.15, 0.2) is 18.2 Å². The third-order valence-electron chi connectivity index (χ3n) is 5.56. The highest BCUT2D eigenvalue weighted by atomic mass is 15.2. The van der Waals surface area contributed by atoms with E-state index in [9.17, 15) is 0 Å². The van der Waals surface area contributed by atoms with E-state index in [0.717, 1.165) is 12.0 Å². The van der Waals surface area contributed by atoms with Gasteiger partial charge in [-0.25, -0.2) is 0 Å². The van der Waals surface area contributed by atoms with Crippen LogP contribution in [0.1, 0.15) is 48.8 Å². The molecule has 1 heterocycles. The number of nitrogens with zero attached hydrogens (tertiary/aromatic N) is 1. The Morgan fingerprint density at radius 3 is 2.62 bits per heavy atom. The van der Waals surface area contributed by atoms with Crippen molar-refractivity contribution in [3.05, 3.63) is 34.9 Å². The van der Waals surface area contributed by atoms with Crippen LogP contribution in [0.4, 0.5) is 0 Å². The van der Waals surface area contributed by atoms with E-state index in [4.69, 9.17) is 0 Å². The Kier molecular flexibility index (Phi) is 4.00. The fraction of sp³-hybridized carbons (Fsp3) is 0.684. The van der Waals surface area contributed by atoms with Crippen LogP contribution in [0.5, 0.6) is 0 Å². The van der Waals surface area contributed by atoms with Gasteiger partial charge in [0.15, 0.2) is 0 Å². The molecule has 0 spiro atoms. The van der Waals surface area contributed by atoms with Crippen LogP contribution in [-0.4, -0.2) is 30.6 Å². The van der Waals surface area contributed by atoms with Gasteiger partial charge in [0.05, 0.1) is 0 Å². The van der Waals surface area contributed by atoms with Crippen LogP contribution in [-0.2, 0) is 19.4 Å². The molecule has 0 bridgehead atoms. The van der Waals surface area contributed by atoms with Gasteiger partial charge in [0.1, 0.15) is 0 Å². The molecule has 0 radical (unpaired) electrons. The first kappa shape index (κ1) is 13.8. The molecule has 4 rings (SSSR count). The molecule has 1 saturated carbocycles. The molecule has 0 amide bonds. The molecule has 0 unspecified atom stereocenters. The highest BCUT2D eigenvalue weighted by Crippen LogP contribution is 2.31. The summed E-state index contributed by atoms with van der Waals surface area (Å²) >= 11 is 0. The number of benzene rings is 1. The van der Waals surface area contributed by atoms with Gasteiger partial charge in [-0.3, -0.25) is 4.90 Å². The molecule has 1 saturated heterocycles. The Bertz CT molecular complexity index is 486. The van der Waals surface area contributed by atoms with Gasteiger partial charge < -0.3 is 5.32 Å². The summed E-state index contributed by atoms with van der Waals surface area (Å²) < 4.78 is 0. The zero-order valence-electron chi connectivity index (χ0n) is 13.1. The Morgan fingerprint density at radius 1 is 1.00 bits per heavy atom. The quantitative estimate of drug-likeness (QED) is 0.893. The fourth-order valence-electron chi connectivity index (χ4n) is 4.14. The first-order valence-electron chi connectivity index (χ1n) is 8.94. The average molecular weight is 284 g/mol. The molecule has 21 heavy (non-hydrogen) atoms. The molecule has 1 aromatic carbocycles. The minimum Gasteiger partial charge on any atom is -0.317 e. The zero-order valence-corrected chi connectivity index (χ0v) is 13.1. The Morgan fingerprint density at radius 2 is 1.81 bits per heavy atom. The molecule has 0 atom stereocenters. The molecule has 2 fully saturated rings. The predicted molar refractivity (Wildman–Crippen MR) is 87.5 cm³/mol. The molecule has 0 aromatic heterocycles. The monoisotopic (exact) mass is 284 g/mol. The summed E-state index contributed by atoms with van der Waals surface area (Å²) in [6.07, 6.45) is 9.56. The largest absolute Gasteiger partial charge is 0.317 e. The molecule has 1 aliphatic heterocycles. The summed E-state index contributed by atoms with van der Waals surface area (Å²) in [5.74, 6) is 0.918. The van der Waals surface area contributed by atoms with Crippen molar-refractivity contribution >= 4 is 0 Å². The standard InChI is InChI=1S/C19H28N2/c1-2-17-5-4-16(12-18(17)3-1)14-21(19-6-7-19)13-15-8-10-20-11-9-15/h4-5,12,15,19-20H,1-3,6-11,13-14H2. The van der Waals surface area contributed by atoms with Gasteiger partial charge in [-0.05, 0) is 80.6 Å². The van der Waals surface area contributed by atoms with Crippen LogP contribution < -0.4 is 5.32 Å². The molecule has 114 valence electrons. The number of fused-ring (bicyclic) bond motifs is 1. The van der Waals surface area contributed by atoms with E-state index in [1.54, 1.807) is 16.7 Å². The van der Waals surface area contributed by atoms with Gasteiger partial charge in [0.2, 0.25) is 0 Å². The molecule has 2 nitrogen and oxygen atoms in total. The number of aryl methyl sites for hydroxylation is 2. The van der Waals surface area contributed by atoms with Gasteiger partial charge >= 0.3 is 0 Å². The van der Waals surface area contributed by atoms with Crippen molar-refractivity contribution in [2.75, 3.05) is 19.6 Å². The second kappa shape index (κ2) is 6.10. The Labute approximate surface area is 128 Å². The van der Waals surface area contributed by atoms with E-state index in [2.05, 4.69) is 28.4 Å². The SMILES string of the molecule is c1cc2c(cc1CN(CC1CCNCC1)C1CC1)CCC2. The highest BCUT2D eigenvalue weighted by molar-refractivity contribution is 5.35. The van der Waals surface area contributed by atoms with Crippen LogP contribution in [0.2, 0.25) is 0 Å². The van der Waals surface area contributed by atoms with E-state index >= 15 is 0 Å². The first-order chi connectivity index (χ1) is 10.4. The third kappa shape index (κ3) is 3.32. The lowest BCUT2D eigenvalue weighted by Gasteiger charge is -2.30. The maximum atomic E-state index is 3.49. The maximum Gasteiger partial charge on any atom is 0.0236 e. The van der Waals surface area contributed by atoms with Crippen LogP contribution in [0, 0.1) is 5.92 Å². The topological polar surface area (TPSA) is 15.3 Å². The molecule has 1 N–H and O–H groups in total. The summed E-state index contributed by atoms with van der Waals surface area (Å²) in [5.41, 5.74) is 4.79. The molecule has 2 heteroatoms. The van der Waals surface area contributed by atoms with Crippen LogP contribution in [0.3, 0.4) is 0 Å². The van der Waals surface area contributed by atoms with Gasteiger partial charge in [-0.15, -0.1) is 0 Å². The van der Waals surface area contributed by atoms with E-state index in [0.29, 0.717) is 0 Å². The average Bonchev–Trinajstić information content (AvgIpc) is 3.26. The maximum absolute atomic E-state index is 3.49. The van der Waals surface area contributed by atoms with Crippen molar-refractivity contribution in [2.24, 2.45) is 5.92 Å². The van der Waals surface area contributed by atoms with E-state index in [-0.39, 0.29) is 0 Å². The molecular formula is C19H28N2. The lowest BCUT2D eigenvalue weighted by Crippen LogP contribution is -2.37. The molecule has 3 aliphatic rings. The summed E-state index contributed by atoms with van der Waals surface area (Å²) in [6.45, 7) is 4.95. The highest BCUT2D eigenvalue weighted by Gasteiger charge is 2.31. The zero-order chi connectivity index (χ0) is 14.1. The van der Waals surface area contributed by atoms with Gasteiger partial charge in [0.25, 0.3) is 0 Å². The summed E-state index contributed by atoms with van der Waals surface area (Å²) in [6, 6.07) is 8.17. The summed E-state index contributed by atoms with van der Waals surface area (Å²) in [7, 11) is 0. The number of piperidine rings is 1. The Balaban J connectivity index is 1.42. The Hall–Kier alpha value is -0.860.